The Morgan fingerprint density at radius 1 is 1.00 bits per heavy atom. The van der Waals surface area contributed by atoms with Crippen molar-refractivity contribution in [3.63, 3.8) is 0 Å². The number of carbonyl (C=O) groups excluding carboxylic acids is 1. The molecular formula is C25H29N5O2. The first-order valence-electron chi connectivity index (χ1n) is 10.9. The summed E-state index contributed by atoms with van der Waals surface area (Å²) in [6.45, 7) is 5.97. The predicted molar refractivity (Wildman–Crippen MR) is 128 cm³/mol. The number of aromatic nitrogens is 2. The number of hydrogen-bond acceptors (Lipinski definition) is 6. The highest BCUT2D eigenvalue weighted by Gasteiger charge is 2.16. The van der Waals surface area contributed by atoms with Gasteiger partial charge in [-0.1, -0.05) is 12.1 Å². The molecule has 1 amide bonds. The third-order valence-corrected chi connectivity index (χ3v) is 5.50. The highest BCUT2D eigenvalue weighted by molar-refractivity contribution is 5.92. The Bertz CT molecular complexity index is 1090. The van der Waals surface area contributed by atoms with E-state index in [4.69, 9.17) is 4.74 Å². The van der Waals surface area contributed by atoms with Crippen molar-refractivity contribution in [1.82, 2.24) is 9.97 Å². The monoisotopic (exact) mass is 431 g/mol. The van der Waals surface area contributed by atoms with Gasteiger partial charge in [-0.05, 0) is 68.1 Å². The molecule has 0 bridgehead atoms. The molecule has 7 nitrogen and oxygen atoms in total. The van der Waals surface area contributed by atoms with Crippen molar-refractivity contribution < 1.29 is 9.53 Å². The molecule has 2 aromatic carbocycles. The summed E-state index contributed by atoms with van der Waals surface area (Å²) in [7, 11) is 1.64. The van der Waals surface area contributed by atoms with Gasteiger partial charge in [0.25, 0.3) is 0 Å². The van der Waals surface area contributed by atoms with Gasteiger partial charge in [-0.15, -0.1) is 0 Å². The Morgan fingerprint density at radius 3 is 2.41 bits per heavy atom. The van der Waals surface area contributed by atoms with Gasteiger partial charge in [0.1, 0.15) is 11.6 Å². The standard InChI is InChI=1S/C25H29N5O2/c1-17-14-19(6-11-22(17)32-3)16-24(31)28-21-9-7-20(8-10-21)27-23-15-18(2)26-25(29-23)30-12-4-5-13-30/h6-11,14-15H,4-5,12-13,16H2,1-3H3,(H,28,31)(H,26,27,29). The molecule has 1 aliphatic heterocycles. The maximum absolute atomic E-state index is 12.4. The van der Waals surface area contributed by atoms with Gasteiger partial charge in [-0.25, -0.2) is 4.98 Å². The van der Waals surface area contributed by atoms with Crippen molar-refractivity contribution in [2.75, 3.05) is 35.7 Å². The number of aryl methyl sites for hydroxylation is 2. The lowest BCUT2D eigenvalue weighted by Gasteiger charge is -2.17. The van der Waals surface area contributed by atoms with E-state index in [9.17, 15) is 4.79 Å². The maximum atomic E-state index is 12.4. The minimum atomic E-state index is -0.0584. The number of ether oxygens (including phenoxy) is 1. The molecule has 2 N–H and O–H groups in total. The van der Waals surface area contributed by atoms with Crippen LogP contribution in [0.4, 0.5) is 23.1 Å². The Morgan fingerprint density at radius 2 is 1.72 bits per heavy atom. The van der Waals surface area contributed by atoms with Crippen LogP contribution in [0.3, 0.4) is 0 Å². The summed E-state index contributed by atoms with van der Waals surface area (Å²) in [5.41, 5.74) is 4.55. The van der Waals surface area contributed by atoms with Crippen molar-refractivity contribution in [3.8, 4) is 5.75 Å². The van der Waals surface area contributed by atoms with Crippen LogP contribution in [-0.4, -0.2) is 36.1 Å². The first-order chi connectivity index (χ1) is 15.5. The third kappa shape index (κ3) is 5.35. The van der Waals surface area contributed by atoms with E-state index in [0.717, 1.165) is 58.8 Å². The molecule has 0 spiro atoms. The van der Waals surface area contributed by atoms with Crippen LogP contribution in [0.1, 0.15) is 29.7 Å². The van der Waals surface area contributed by atoms with Crippen molar-refractivity contribution in [2.45, 2.75) is 33.1 Å². The van der Waals surface area contributed by atoms with Crippen LogP contribution in [0.5, 0.6) is 5.75 Å². The molecule has 166 valence electrons. The maximum Gasteiger partial charge on any atom is 0.228 e. The molecule has 0 atom stereocenters. The van der Waals surface area contributed by atoms with Gasteiger partial charge >= 0.3 is 0 Å². The lowest BCUT2D eigenvalue weighted by atomic mass is 10.1. The molecule has 7 heteroatoms. The number of carbonyl (C=O) groups is 1. The Balaban J connectivity index is 1.37. The van der Waals surface area contributed by atoms with E-state index < -0.39 is 0 Å². The van der Waals surface area contributed by atoms with Crippen LogP contribution in [-0.2, 0) is 11.2 Å². The van der Waals surface area contributed by atoms with E-state index in [1.165, 1.54) is 12.8 Å². The van der Waals surface area contributed by atoms with Gasteiger partial charge in [-0.3, -0.25) is 4.79 Å². The van der Waals surface area contributed by atoms with Crippen molar-refractivity contribution in [2.24, 2.45) is 0 Å². The average Bonchev–Trinajstić information content (AvgIpc) is 3.30. The Labute approximate surface area is 188 Å². The van der Waals surface area contributed by atoms with Gasteiger partial charge in [0.05, 0.1) is 13.5 Å². The minimum absolute atomic E-state index is 0.0584. The van der Waals surface area contributed by atoms with Crippen LogP contribution >= 0.6 is 0 Å². The predicted octanol–water partition coefficient (Wildman–Crippen LogP) is 4.63. The van der Waals surface area contributed by atoms with Crippen LogP contribution < -0.4 is 20.3 Å². The number of nitrogens with one attached hydrogen (secondary N) is 2. The quantitative estimate of drug-likeness (QED) is 0.568. The zero-order valence-corrected chi connectivity index (χ0v) is 18.8. The molecule has 1 aromatic heterocycles. The second-order valence-corrected chi connectivity index (χ2v) is 8.12. The number of rotatable bonds is 7. The second kappa shape index (κ2) is 9.68. The minimum Gasteiger partial charge on any atom is -0.496 e. The van der Waals surface area contributed by atoms with Crippen LogP contribution in [0.25, 0.3) is 0 Å². The Kier molecular flexibility index (Phi) is 6.54. The van der Waals surface area contributed by atoms with Crippen LogP contribution in [0.15, 0.2) is 48.5 Å². The smallest absolute Gasteiger partial charge is 0.228 e. The number of hydrogen-bond donors (Lipinski definition) is 2. The van der Waals surface area contributed by atoms with E-state index in [2.05, 4.69) is 25.5 Å². The van der Waals surface area contributed by atoms with E-state index in [0.29, 0.717) is 6.42 Å². The second-order valence-electron chi connectivity index (χ2n) is 8.12. The highest BCUT2D eigenvalue weighted by atomic mass is 16.5. The molecule has 0 saturated carbocycles. The third-order valence-electron chi connectivity index (χ3n) is 5.50. The zero-order valence-electron chi connectivity index (χ0n) is 18.8. The normalized spacial score (nSPS) is 13.2. The fourth-order valence-electron chi connectivity index (χ4n) is 3.90. The summed E-state index contributed by atoms with van der Waals surface area (Å²) in [6, 6.07) is 15.3. The fourth-order valence-corrected chi connectivity index (χ4v) is 3.90. The highest BCUT2D eigenvalue weighted by Crippen LogP contribution is 2.23. The van der Waals surface area contributed by atoms with Gasteiger partial charge in [-0.2, -0.15) is 4.98 Å². The molecule has 1 aliphatic rings. The van der Waals surface area contributed by atoms with Crippen LogP contribution in [0.2, 0.25) is 0 Å². The topological polar surface area (TPSA) is 79.4 Å². The molecule has 0 radical (unpaired) electrons. The van der Waals surface area contributed by atoms with Crippen LogP contribution in [0, 0.1) is 13.8 Å². The molecule has 1 fully saturated rings. The lowest BCUT2D eigenvalue weighted by molar-refractivity contribution is -0.115. The van der Waals surface area contributed by atoms with Crippen molar-refractivity contribution in [3.05, 3.63) is 65.4 Å². The van der Waals surface area contributed by atoms with Gasteiger partial charge in [0, 0.05) is 36.2 Å². The number of nitrogens with zero attached hydrogens (tertiary/aromatic N) is 3. The van der Waals surface area contributed by atoms with Gasteiger partial charge in [0.15, 0.2) is 0 Å². The van der Waals surface area contributed by atoms with E-state index >= 15 is 0 Å². The largest absolute Gasteiger partial charge is 0.496 e. The molecule has 0 aliphatic carbocycles. The molecule has 1 saturated heterocycles. The van der Waals surface area contributed by atoms with E-state index in [1.807, 2.05) is 62.4 Å². The van der Waals surface area contributed by atoms with Crippen molar-refractivity contribution >= 4 is 29.0 Å². The first kappa shape index (κ1) is 21.6. The van der Waals surface area contributed by atoms with Gasteiger partial charge < -0.3 is 20.3 Å². The summed E-state index contributed by atoms with van der Waals surface area (Å²) in [4.78, 5) is 23.9. The molecule has 4 rings (SSSR count). The Hall–Kier alpha value is -3.61. The molecule has 3 aromatic rings. The van der Waals surface area contributed by atoms with Gasteiger partial charge in [0.2, 0.25) is 11.9 Å². The summed E-state index contributed by atoms with van der Waals surface area (Å²) >= 11 is 0. The summed E-state index contributed by atoms with van der Waals surface area (Å²) in [5.74, 6) is 2.31. The first-order valence-corrected chi connectivity index (χ1v) is 10.9. The summed E-state index contributed by atoms with van der Waals surface area (Å²) in [5, 5.41) is 6.30. The zero-order chi connectivity index (χ0) is 22.5. The molecule has 2 heterocycles. The number of benzene rings is 2. The summed E-state index contributed by atoms with van der Waals surface area (Å²) < 4.78 is 5.28. The SMILES string of the molecule is COc1ccc(CC(=O)Nc2ccc(Nc3cc(C)nc(N4CCCC4)n3)cc2)cc1C. The number of amides is 1. The van der Waals surface area contributed by atoms with E-state index in [1.54, 1.807) is 7.11 Å². The number of methoxy groups -OCH3 is 1. The van der Waals surface area contributed by atoms with E-state index in [-0.39, 0.29) is 5.91 Å². The average molecular weight is 432 g/mol. The fraction of sp³-hybridized carbons (Fsp3) is 0.320. The lowest BCUT2D eigenvalue weighted by Crippen LogP contribution is -2.21. The summed E-state index contributed by atoms with van der Waals surface area (Å²) in [6.07, 6.45) is 2.68. The molecular weight excluding hydrogens is 402 g/mol. The molecule has 32 heavy (non-hydrogen) atoms. The molecule has 0 unspecified atom stereocenters. The number of anilines is 4. The van der Waals surface area contributed by atoms with Crippen molar-refractivity contribution in [1.29, 1.82) is 0 Å².